The summed E-state index contributed by atoms with van der Waals surface area (Å²) in [5.74, 6) is 1.13. The maximum atomic E-state index is 11.5. The van der Waals surface area contributed by atoms with E-state index < -0.39 is 0 Å². The largest absolute Gasteiger partial charge is 0.481 e. The number of nitrogens with one attached hydrogen (secondary N) is 4. The number of ether oxygens (including phenoxy) is 2. The highest BCUT2D eigenvalue weighted by Gasteiger charge is 2.26. The third-order valence-corrected chi connectivity index (χ3v) is 8.80. The first-order valence-corrected chi connectivity index (χ1v) is 15.5. The SMILES string of the molecule is COC1=C(CNC2CC2)N=CC(c2cccc(-c3cccc(-c4cnc(CNC[C@@H]5CCC(=O)N5)c(OC)n4)c3Cl)c2Cl)N1. The van der Waals surface area contributed by atoms with E-state index in [1.165, 1.54) is 12.8 Å². The van der Waals surface area contributed by atoms with E-state index in [2.05, 4.69) is 26.3 Å². The van der Waals surface area contributed by atoms with Gasteiger partial charge in [0.05, 0.1) is 42.2 Å². The number of hydrogen-bond acceptors (Lipinski definition) is 9. The fraction of sp³-hybridized carbons (Fsp3) is 0.375. The Morgan fingerprint density at radius 2 is 1.73 bits per heavy atom. The van der Waals surface area contributed by atoms with Gasteiger partial charge in [0.2, 0.25) is 17.7 Å². The van der Waals surface area contributed by atoms with Crippen LogP contribution in [0.15, 0.2) is 59.2 Å². The van der Waals surface area contributed by atoms with Crippen LogP contribution in [0.5, 0.6) is 5.88 Å². The van der Waals surface area contributed by atoms with Crippen molar-refractivity contribution < 1.29 is 14.3 Å². The van der Waals surface area contributed by atoms with Crippen LogP contribution in [0.3, 0.4) is 0 Å². The van der Waals surface area contributed by atoms with E-state index in [9.17, 15) is 4.79 Å². The Bertz CT molecular complexity index is 1610. The van der Waals surface area contributed by atoms with E-state index >= 15 is 0 Å². The van der Waals surface area contributed by atoms with Gasteiger partial charge in [0.25, 0.3) is 0 Å². The van der Waals surface area contributed by atoms with Gasteiger partial charge in [0.15, 0.2) is 0 Å². The number of methoxy groups -OCH3 is 2. The Morgan fingerprint density at radius 3 is 2.45 bits per heavy atom. The summed E-state index contributed by atoms with van der Waals surface area (Å²) in [6, 6.07) is 12.0. The Kier molecular flexibility index (Phi) is 9.32. The van der Waals surface area contributed by atoms with Crippen LogP contribution < -0.4 is 26.0 Å². The number of rotatable bonds is 12. The van der Waals surface area contributed by atoms with Gasteiger partial charge >= 0.3 is 0 Å². The second-order valence-electron chi connectivity index (χ2n) is 11.1. The normalized spacial score (nSPS) is 19.6. The highest BCUT2D eigenvalue weighted by atomic mass is 35.5. The van der Waals surface area contributed by atoms with Crippen molar-refractivity contribution in [1.82, 2.24) is 31.2 Å². The molecule has 12 heteroatoms. The van der Waals surface area contributed by atoms with Crippen molar-refractivity contribution in [2.45, 2.75) is 50.4 Å². The van der Waals surface area contributed by atoms with Crippen LogP contribution in [0.4, 0.5) is 0 Å². The number of benzene rings is 2. The fourth-order valence-electron chi connectivity index (χ4n) is 5.42. The summed E-state index contributed by atoms with van der Waals surface area (Å²) in [5.41, 5.74) is 5.20. The van der Waals surface area contributed by atoms with E-state index in [1.807, 2.05) is 42.6 Å². The lowest BCUT2D eigenvalue weighted by Gasteiger charge is -2.25. The Hall–Kier alpha value is -3.70. The number of carbonyl (C=O) groups is 1. The summed E-state index contributed by atoms with van der Waals surface area (Å²) in [5, 5.41) is 14.3. The number of nitrogens with zero attached hydrogens (tertiary/aromatic N) is 3. The van der Waals surface area contributed by atoms with Crippen molar-refractivity contribution in [2.75, 3.05) is 27.3 Å². The molecule has 1 amide bonds. The Balaban J connectivity index is 1.21. The zero-order chi connectivity index (χ0) is 30.6. The third-order valence-electron chi connectivity index (χ3n) is 7.97. The lowest BCUT2D eigenvalue weighted by atomic mass is 9.97. The maximum absolute atomic E-state index is 11.5. The van der Waals surface area contributed by atoms with Crippen LogP contribution in [-0.2, 0) is 16.1 Å². The maximum Gasteiger partial charge on any atom is 0.237 e. The molecule has 2 aromatic carbocycles. The molecule has 2 atom stereocenters. The van der Waals surface area contributed by atoms with Crippen molar-refractivity contribution in [2.24, 2.45) is 4.99 Å². The standard InChI is InChI=1S/C32H35Cl2N7O3/c1-43-31-26(14-35-13-19-11-12-28(42)39-19)37-15-24(40-31)22-7-3-5-20(29(22)33)21-6-4-8-23(30(21)34)25-16-38-27(32(41-25)44-2)17-36-18-9-10-18/h3-8,15-16,18-19,25,35-36,41H,9-14,17H2,1-2H3,(H,39,42)/t19-,25?/m0/s1. The quantitative estimate of drug-likeness (QED) is 0.224. The number of carbonyl (C=O) groups excluding carboxylic acids is 1. The molecule has 1 aliphatic carbocycles. The van der Waals surface area contributed by atoms with Crippen LogP contribution in [0.25, 0.3) is 22.4 Å². The number of aliphatic imine (C=N–C) groups is 1. The number of halogens is 2. The smallest absolute Gasteiger partial charge is 0.237 e. The fourth-order valence-corrected chi connectivity index (χ4v) is 6.09. The molecule has 3 heterocycles. The lowest BCUT2D eigenvalue weighted by molar-refractivity contribution is -0.119. The predicted molar refractivity (Wildman–Crippen MR) is 172 cm³/mol. The molecule has 0 bridgehead atoms. The minimum atomic E-state index is -0.273. The zero-order valence-electron chi connectivity index (χ0n) is 24.6. The zero-order valence-corrected chi connectivity index (χ0v) is 26.1. The average Bonchev–Trinajstić information content (AvgIpc) is 3.79. The second-order valence-corrected chi connectivity index (χ2v) is 11.8. The molecule has 1 saturated carbocycles. The van der Waals surface area contributed by atoms with Gasteiger partial charge in [-0.3, -0.25) is 14.8 Å². The van der Waals surface area contributed by atoms with Crippen LogP contribution in [0, 0.1) is 0 Å². The van der Waals surface area contributed by atoms with E-state index in [1.54, 1.807) is 20.4 Å². The molecular weight excluding hydrogens is 601 g/mol. The minimum absolute atomic E-state index is 0.0910. The van der Waals surface area contributed by atoms with E-state index in [-0.39, 0.29) is 18.0 Å². The molecule has 0 radical (unpaired) electrons. The first kappa shape index (κ1) is 30.3. The molecule has 6 rings (SSSR count). The van der Waals surface area contributed by atoms with Crippen molar-refractivity contribution in [3.63, 3.8) is 0 Å². The van der Waals surface area contributed by atoms with E-state index in [4.69, 9.17) is 42.7 Å². The van der Waals surface area contributed by atoms with E-state index in [0.717, 1.165) is 28.8 Å². The highest BCUT2D eigenvalue weighted by Crippen LogP contribution is 2.41. The van der Waals surface area contributed by atoms with Gasteiger partial charge in [-0.25, -0.2) is 4.98 Å². The molecule has 1 aromatic heterocycles. The van der Waals surface area contributed by atoms with Gasteiger partial charge in [-0.1, -0.05) is 59.6 Å². The van der Waals surface area contributed by atoms with E-state index in [0.29, 0.717) is 70.9 Å². The molecule has 2 fully saturated rings. The number of aromatic nitrogens is 2. The molecule has 3 aliphatic rings. The van der Waals surface area contributed by atoms with Crippen LogP contribution >= 0.6 is 23.2 Å². The minimum Gasteiger partial charge on any atom is -0.481 e. The third kappa shape index (κ3) is 6.68. The first-order valence-electron chi connectivity index (χ1n) is 14.7. The van der Waals surface area contributed by atoms with Gasteiger partial charge in [-0.15, -0.1) is 0 Å². The lowest BCUT2D eigenvalue weighted by Crippen LogP contribution is -2.35. The first-order chi connectivity index (χ1) is 21.4. The molecular formula is C32H35Cl2N7O3. The molecule has 10 nitrogen and oxygen atoms in total. The van der Waals surface area contributed by atoms with Crippen LogP contribution in [0.1, 0.15) is 43.0 Å². The van der Waals surface area contributed by atoms with Gasteiger partial charge in [-0.05, 0) is 24.8 Å². The van der Waals surface area contributed by atoms with Crippen molar-refractivity contribution in [1.29, 1.82) is 0 Å². The van der Waals surface area contributed by atoms with Gasteiger partial charge < -0.3 is 30.7 Å². The number of hydrogen-bond donors (Lipinski definition) is 4. The summed E-state index contributed by atoms with van der Waals surface area (Å²) in [7, 11) is 3.20. The molecule has 44 heavy (non-hydrogen) atoms. The highest BCUT2D eigenvalue weighted by molar-refractivity contribution is 6.38. The van der Waals surface area contributed by atoms with Gasteiger partial charge in [-0.2, -0.15) is 0 Å². The Labute approximate surface area is 266 Å². The second kappa shape index (κ2) is 13.5. The number of amides is 1. The van der Waals surface area contributed by atoms with Crippen molar-refractivity contribution >= 4 is 35.3 Å². The molecule has 2 aliphatic heterocycles. The van der Waals surface area contributed by atoms with Crippen molar-refractivity contribution in [3.8, 4) is 28.3 Å². The summed E-state index contributed by atoms with van der Waals surface area (Å²) >= 11 is 14.1. The van der Waals surface area contributed by atoms with Crippen molar-refractivity contribution in [3.05, 3.63) is 75.5 Å². The Morgan fingerprint density at radius 1 is 0.955 bits per heavy atom. The van der Waals surface area contributed by atoms with Crippen LogP contribution in [0.2, 0.25) is 10.0 Å². The molecule has 4 N–H and O–H groups in total. The average molecular weight is 637 g/mol. The predicted octanol–water partition coefficient (Wildman–Crippen LogP) is 4.78. The van der Waals surface area contributed by atoms with Crippen LogP contribution in [-0.4, -0.2) is 61.5 Å². The summed E-state index contributed by atoms with van der Waals surface area (Å²) in [6.07, 6.45) is 7.34. The van der Waals surface area contributed by atoms with Gasteiger partial charge in [0, 0.05) is 61.0 Å². The summed E-state index contributed by atoms with van der Waals surface area (Å²) in [4.78, 5) is 25.5. The molecule has 230 valence electrons. The monoisotopic (exact) mass is 635 g/mol. The summed E-state index contributed by atoms with van der Waals surface area (Å²) < 4.78 is 11.2. The molecule has 0 spiro atoms. The molecule has 1 unspecified atom stereocenters. The van der Waals surface area contributed by atoms with Gasteiger partial charge in [0.1, 0.15) is 11.4 Å². The summed E-state index contributed by atoms with van der Waals surface area (Å²) in [6.45, 7) is 1.75. The topological polar surface area (TPSA) is 122 Å². The molecule has 3 aromatic rings. The molecule has 1 saturated heterocycles.